The van der Waals surface area contributed by atoms with Crippen LogP contribution in [0.5, 0.6) is 11.5 Å². The lowest BCUT2D eigenvalue weighted by Gasteiger charge is -2.27. The third-order valence-corrected chi connectivity index (χ3v) is 3.97. The van der Waals surface area contributed by atoms with E-state index in [4.69, 9.17) is 9.47 Å². The Kier molecular flexibility index (Phi) is 5.44. The molecule has 0 aliphatic carbocycles. The minimum atomic E-state index is 0.139. The van der Waals surface area contributed by atoms with Crippen LogP contribution in [-0.4, -0.2) is 45.2 Å². The number of benzene rings is 1. The van der Waals surface area contributed by atoms with Crippen LogP contribution in [0.25, 0.3) is 0 Å². The second-order valence-corrected chi connectivity index (χ2v) is 5.40. The highest BCUT2D eigenvalue weighted by Crippen LogP contribution is 2.26. The van der Waals surface area contributed by atoms with Gasteiger partial charge in [0, 0.05) is 31.1 Å². The van der Waals surface area contributed by atoms with Crippen molar-refractivity contribution >= 4 is 5.91 Å². The summed E-state index contributed by atoms with van der Waals surface area (Å²) in [7, 11) is 5.11. The minimum Gasteiger partial charge on any atom is -0.497 e. The number of rotatable bonds is 5. The third-order valence-electron chi connectivity index (χ3n) is 3.97. The fraction of sp³-hybridized carbons (Fsp3) is 0.562. The van der Waals surface area contributed by atoms with Gasteiger partial charge in [-0.15, -0.1) is 0 Å². The number of carbonyl (C=O) groups excluding carboxylic acids is 1. The molecule has 1 aromatic rings. The van der Waals surface area contributed by atoms with E-state index < -0.39 is 0 Å². The average Bonchev–Trinajstić information content (AvgIpc) is 2.55. The third kappa shape index (κ3) is 3.88. The summed E-state index contributed by atoms with van der Waals surface area (Å²) < 4.78 is 10.6. The maximum atomic E-state index is 12.5. The van der Waals surface area contributed by atoms with E-state index in [0.717, 1.165) is 43.0 Å². The van der Waals surface area contributed by atoms with Crippen molar-refractivity contribution in [1.82, 2.24) is 10.2 Å². The molecule has 1 aliphatic rings. The Morgan fingerprint density at radius 3 is 2.62 bits per heavy atom. The molecule has 0 saturated carbocycles. The fourth-order valence-electron chi connectivity index (χ4n) is 2.70. The number of hydrogen-bond donors (Lipinski definition) is 1. The summed E-state index contributed by atoms with van der Waals surface area (Å²) in [5.74, 6) is 1.86. The quantitative estimate of drug-likeness (QED) is 0.897. The molecule has 1 amide bonds. The first-order valence-electron chi connectivity index (χ1n) is 7.32. The van der Waals surface area contributed by atoms with Gasteiger partial charge in [-0.1, -0.05) is 0 Å². The maximum Gasteiger partial charge on any atom is 0.225 e. The predicted molar refractivity (Wildman–Crippen MR) is 81.6 cm³/mol. The van der Waals surface area contributed by atoms with E-state index in [1.165, 1.54) is 0 Å². The Bertz CT molecular complexity index is 484. The van der Waals surface area contributed by atoms with Gasteiger partial charge in [-0.05, 0) is 38.1 Å². The van der Waals surface area contributed by atoms with Gasteiger partial charge in [0.15, 0.2) is 0 Å². The van der Waals surface area contributed by atoms with Gasteiger partial charge < -0.3 is 19.7 Å². The topological polar surface area (TPSA) is 50.8 Å². The number of methoxy groups -OCH3 is 2. The Morgan fingerprint density at radius 1 is 1.29 bits per heavy atom. The number of nitrogens with zero attached hydrogens (tertiary/aromatic N) is 1. The Morgan fingerprint density at radius 2 is 2.00 bits per heavy atom. The van der Waals surface area contributed by atoms with E-state index in [2.05, 4.69) is 5.32 Å². The Balaban J connectivity index is 2.04. The minimum absolute atomic E-state index is 0.139. The van der Waals surface area contributed by atoms with Crippen LogP contribution in [0, 0.1) is 5.92 Å². The summed E-state index contributed by atoms with van der Waals surface area (Å²) in [5, 5.41) is 3.28. The maximum absolute atomic E-state index is 12.5. The molecule has 1 saturated heterocycles. The molecule has 116 valence electrons. The zero-order valence-electron chi connectivity index (χ0n) is 13.0. The van der Waals surface area contributed by atoms with E-state index in [0.29, 0.717) is 6.54 Å². The van der Waals surface area contributed by atoms with E-state index in [9.17, 15) is 4.79 Å². The molecule has 1 N–H and O–H groups in total. The summed E-state index contributed by atoms with van der Waals surface area (Å²) in [4.78, 5) is 14.2. The molecule has 21 heavy (non-hydrogen) atoms. The van der Waals surface area contributed by atoms with Gasteiger partial charge in [0.2, 0.25) is 5.91 Å². The molecular weight excluding hydrogens is 268 g/mol. The van der Waals surface area contributed by atoms with Crippen LogP contribution in [0.3, 0.4) is 0 Å². The molecular formula is C16H24N2O3. The van der Waals surface area contributed by atoms with Crippen LogP contribution in [-0.2, 0) is 11.3 Å². The molecule has 0 bridgehead atoms. The first kappa shape index (κ1) is 15.6. The van der Waals surface area contributed by atoms with Crippen LogP contribution >= 0.6 is 0 Å². The van der Waals surface area contributed by atoms with Crippen molar-refractivity contribution in [2.75, 3.05) is 34.4 Å². The number of ether oxygens (including phenoxy) is 2. The van der Waals surface area contributed by atoms with Crippen LogP contribution in [0.2, 0.25) is 0 Å². The highest BCUT2D eigenvalue weighted by atomic mass is 16.5. The van der Waals surface area contributed by atoms with E-state index >= 15 is 0 Å². The molecule has 5 nitrogen and oxygen atoms in total. The second-order valence-electron chi connectivity index (χ2n) is 5.40. The zero-order valence-corrected chi connectivity index (χ0v) is 13.0. The van der Waals surface area contributed by atoms with Crippen LogP contribution in [0.4, 0.5) is 0 Å². The molecule has 1 aromatic carbocycles. The van der Waals surface area contributed by atoms with Crippen molar-refractivity contribution in [2.45, 2.75) is 19.4 Å². The van der Waals surface area contributed by atoms with Crippen LogP contribution in [0.15, 0.2) is 18.2 Å². The molecule has 1 heterocycles. The van der Waals surface area contributed by atoms with Gasteiger partial charge in [-0.25, -0.2) is 0 Å². The van der Waals surface area contributed by atoms with E-state index in [1.807, 2.05) is 25.2 Å². The Hall–Kier alpha value is -1.75. The summed E-state index contributed by atoms with van der Waals surface area (Å²) in [6, 6.07) is 5.68. The lowest BCUT2D eigenvalue weighted by Crippen LogP contribution is -2.38. The molecule has 0 spiro atoms. The van der Waals surface area contributed by atoms with Crippen molar-refractivity contribution in [3.05, 3.63) is 23.8 Å². The average molecular weight is 292 g/mol. The number of amides is 1. The van der Waals surface area contributed by atoms with Gasteiger partial charge in [0.25, 0.3) is 0 Å². The zero-order chi connectivity index (χ0) is 15.2. The molecule has 0 atom stereocenters. The van der Waals surface area contributed by atoms with Gasteiger partial charge in [0.05, 0.1) is 14.2 Å². The molecule has 1 fully saturated rings. The van der Waals surface area contributed by atoms with E-state index in [-0.39, 0.29) is 11.8 Å². The van der Waals surface area contributed by atoms with Crippen LogP contribution < -0.4 is 14.8 Å². The van der Waals surface area contributed by atoms with Crippen molar-refractivity contribution in [3.63, 3.8) is 0 Å². The largest absolute Gasteiger partial charge is 0.497 e. The SMILES string of the molecule is COc1ccc(CN(C)C(=O)C2CCNCC2)c(OC)c1. The van der Waals surface area contributed by atoms with Crippen LogP contribution in [0.1, 0.15) is 18.4 Å². The lowest BCUT2D eigenvalue weighted by molar-refractivity contribution is -0.135. The first-order valence-corrected chi connectivity index (χ1v) is 7.32. The highest BCUT2D eigenvalue weighted by Gasteiger charge is 2.24. The predicted octanol–water partition coefficient (Wildman–Crippen LogP) is 1.66. The number of piperidine rings is 1. The Labute approximate surface area is 126 Å². The molecule has 2 rings (SSSR count). The smallest absolute Gasteiger partial charge is 0.225 e. The standard InChI is InChI=1S/C16H24N2O3/c1-18(16(19)12-6-8-17-9-7-12)11-13-4-5-14(20-2)10-15(13)21-3/h4-5,10,12,17H,6-9,11H2,1-3H3. The first-order chi connectivity index (χ1) is 10.2. The fourth-order valence-corrected chi connectivity index (χ4v) is 2.70. The second kappa shape index (κ2) is 7.31. The van der Waals surface area contributed by atoms with Crippen molar-refractivity contribution in [3.8, 4) is 11.5 Å². The molecule has 0 aromatic heterocycles. The summed E-state index contributed by atoms with van der Waals surface area (Å²) >= 11 is 0. The van der Waals surface area contributed by atoms with Gasteiger partial charge >= 0.3 is 0 Å². The van der Waals surface area contributed by atoms with Crippen molar-refractivity contribution in [2.24, 2.45) is 5.92 Å². The lowest BCUT2D eigenvalue weighted by atomic mass is 9.96. The molecule has 0 radical (unpaired) electrons. The summed E-state index contributed by atoms with van der Waals surface area (Å²) in [6.45, 7) is 2.40. The molecule has 5 heteroatoms. The number of hydrogen-bond acceptors (Lipinski definition) is 4. The van der Waals surface area contributed by atoms with Gasteiger partial charge in [-0.3, -0.25) is 4.79 Å². The monoisotopic (exact) mass is 292 g/mol. The number of nitrogens with one attached hydrogen (secondary N) is 1. The van der Waals surface area contributed by atoms with E-state index in [1.54, 1.807) is 19.1 Å². The highest BCUT2D eigenvalue weighted by molar-refractivity contribution is 5.78. The van der Waals surface area contributed by atoms with Gasteiger partial charge in [-0.2, -0.15) is 0 Å². The summed E-state index contributed by atoms with van der Waals surface area (Å²) in [6.07, 6.45) is 1.84. The van der Waals surface area contributed by atoms with Crippen molar-refractivity contribution in [1.29, 1.82) is 0 Å². The summed E-state index contributed by atoms with van der Waals surface area (Å²) in [5.41, 5.74) is 0.989. The molecule has 1 aliphatic heterocycles. The van der Waals surface area contributed by atoms with Gasteiger partial charge in [0.1, 0.15) is 11.5 Å². The normalized spacial score (nSPS) is 15.6. The van der Waals surface area contributed by atoms with Crippen molar-refractivity contribution < 1.29 is 14.3 Å². The molecule has 0 unspecified atom stereocenters. The number of carbonyl (C=O) groups is 1.